The Morgan fingerprint density at radius 2 is 2.00 bits per heavy atom. The Bertz CT molecular complexity index is 112. The van der Waals surface area contributed by atoms with E-state index in [0.717, 1.165) is 19.6 Å². The van der Waals surface area contributed by atoms with Gasteiger partial charge in [-0.25, -0.2) is 0 Å². The van der Waals surface area contributed by atoms with Gasteiger partial charge in [0.15, 0.2) is 0 Å². The number of aliphatic hydroxyl groups is 1. The maximum atomic E-state index is 9.90. The van der Waals surface area contributed by atoms with Gasteiger partial charge in [0.1, 0.15) is 0 Å². The molecule has 2 N–H and O–H groups in total. The Balaban J connectivity index is 0.000000292. The predicted molar refractivity (Wildman–Crippen MR) is 41.5 cm³/mol. The molecule has 0 bridgehead atoms. The number of hydrogen-bond acceptors (Lipinski definition) is 3. The number of hydrogen-bond donors (Lipinski definition) is 2. The van der Waals surface area contributed by atoms with Crippen LogP contribution in [0.5, 0.6) is 0 Å². The second-order valence-corrected chi connectivity index (χ2v) is 2.30. The summed E-state index contributed by atoms with van der Waals surface area (Å²) in [5, 5.41) is 15.7. The number of carbonyl (C=O) groups is 1. The van der Waals surface area contributed by atoms with E-state index in [0.29, 0.717) is 6.42 Å². The molecule has 11 heavy (non-hydrogen) atoms. The van der Waals surface area contributed by atoms with Crippen LogP contribution < -0.4 is 0 Å². The third kappa shape index (κ3) is 9.39. The van der Waals surface area contributed by atoms with Crippen LogP contribution in [0, 0.1) is 0 Å². The number of aliphatic carboxylic acids is 1. The molecule has 1 heterocycles. The van der Waals surface area contributed by atoms with Crippen LogP contribution in [0.2, 0.25) is 0 Å². The Hall–Kier alpha value is -0.610. The summed E-state index contributed by atoms with van der Waals surface area (Å²) in [5.41, 5.74) is 0. The average Bonchev–Trinajstić information content (AvgIpc) is 2.67. The maximum Gasteiger partial charge on any atom is 0.304 e. The first kappa shape index (κ1) is 10.4. The zero-order valence-corrected chi connectivity index (χ0v) is 6.79. The number of carboxylic acid groups (broad SMARTS) is 1. The highest BCUT2D eigenvalue weighted by molar-refractivity contribution is 5.66. The lowest BCUT2D eigenvalue weighted by Crippen LogP contribution is -2.05. The zero-order chi connectivity index (χ0) is 8.69. The van der Waals surface area contributed by atoms with Gasteiger partial charge in [-0.2, -0.15) is 0 Å². The molecule has 0 aromatic heterocycles. The maximum absolute atomic E-state index is 9.90. The molecule has 4 nitrogen and oxygen atoms in total. The van der Waals surface area contributed by atoms with Gasteiger partial charge in [-0.1, -0.05) is 0 Å². The van der Waals surface area contributed by atoms with Gasteiger partial charge < -0.3 is 15.1 Å². The molecule has 0 saturated carbocycles. The van der Waals surface area contributed by atoms with Gasteiger partial charge in [0, 0.05) is 26.2 Å². The van der Waals surface area contributed by atoms with Crippen LogP contribution in [0.15, 0.2) is 0 Å². The van der Waals surface area contributed by atoms with Crippen molar-refractivity contribution in [1.29, 1.82) is 0 Å². The van der Waals surface area contributed by atoms with Crippen LogP contribution in [0.4, 0.5) is 0 Å². The van der Waals surface area contributed by atoms with Crippen molar-refractivity contribution in [2.24, 2.45) is 0 Å². The number of aliphatic hydroxyl groups excluding tert-OH is 1. The van der Waals surface area contributed by atoms with Crippen molar-refractivity contribution in [1.82, 2.24) is 4.90 Å². The molecule has 66 valence electrons. The Morgan fingerprint density at radius 3 is 2.27 bits per heavy atom. The lowest BCUT2D eigenvalue weighted by molar-refractivity contribution is -0.137. The second kappa shape index (κ2) is 6.12. The Labute approximate surface area is 66.4 Å². The minimum Gasteiger partial charge on any atom is -0.481 e. The van der Waals surface area contributed by atoms with Gasteiger partial charge in [0.05, 0.1) is 6.42 Å². The average molecular weight is 161 g/mol. The Morgan fingerprint density at radius 1 is 1.55 bits per heavy atom. The van der Waals surface area contributed by atoms with E-state index in [1.165, 1.54) is 0 Å². The monoisotopic (exact) mass is 161 g/mol. The summed E-state index contributed by atoms with van der Waals surface area (Å²) < 4.78 is 0. The highest BCUT2D eigenvalue weighted by Crippen LogP contribution is 2.02. The van der Waals surface area contributed by atoms with Gasteiger partial charge in [-0.15, -0.1) is 0 Å². The van der Waals surface area contributed by atoms with Crippen molar-refractivity contribution in [3.8, 4) is 0 Å². The molecule has 0 aliphatic carbocycles. The summed E-state index contributed by atoms with van der Waals surface area (Å²) in [6.07, 6.45) is 0.292. The van der Waals surface area contributed by atoms with E-state index < -0.39 is 5.97 Å². The fourth-order valence-corrected chi connectivity index (χ4v) is 0.548. The smallest absolute Gasteiger partial charge is 0.304 e. The first-order chi connectivity index (χ1) is 5.20. The van der Waals surface area contributed by atoms with E-state index >= 15 is 0 Å². The third-order valence-electron chi connectivity index (χ3n) is 1.18. The first-order valence-electron chi connectivity index (χ1n) is 3.75. The summed E-state index contributed by atoms with van der Waals surface area (Å²) in [6, 6.07) is 0. The highest BCUT2D eigenvalue weighted by Gasteiger charge is 2.16. The molecule has 1 aliphatic heterocycles. The van der Waals surface area contributed by atoms with E-state index in [4.69, 9.17) is 10.2 Å². The molecule has 0 aromatic rings. The summed E-state index contributed by atoms with van der Waals surface area (Å²) >= 11 is 0. The summed E-state index contributed by atoms with van der Waals surface area (Å²) in [4.78, 5) is 12.0. The van der Waals surface area contributed by atoms with Crippen LogP contribution in [-0.4, -0.2) is 47.3 Å². The SMILES string of the molecule is CCO.O=C(O)CCN1CC1. The number of rotatable bonds is 3. The molecule has 0 aromatic carbocycles. The van der Waals surface area contributed by atoms with Gasteiger partial charge in [0.25, 0.3) is 0 Å². The lowest BCUT2D eigenvalue weighted by Gasteiger charge is -1.92. The minimum atomic E-state index is -0.697. The van der Waals surface area contributed by atoms with E-state index in [2.05, 4.69) is 4.90 Å². The van der Waals surface area contributed by atoms with Crippen molar-refractivity contribution in [3.05, 3.63) is 0 Å². The molecule has 0 amide bonds. The molecule has 1 aliphatic rings. The molecule has 0 spiro atoms. The lowest BCUT2D eigenvalue weighted by atomic mass is 10.4. The Kier molecular flexibility index (Phi) is 5.78. The fourth-order valence-electron chi connectivity index (χ4n) is 0.548. The standard InChI is InChI=1S/C5H9NO2.C2H6O/c7-5(8)1-2-6-3-4-6;1-2-3/h1-4H2,(H,7,8);3H,2H2,1H3. The molecule has 0 radical (unpaired) electrons. The van der Waals surface area contributed by atoms with Crippen molar-refractivity contribution in [2.45, 2.75) is 13.3 Å². The van der Waals surface area contributed by atoms with Crippen LogP contribution in [0.3, 0.4) is 0 Å². The molecule has 1 fully saturated rings. The van der Waals surface area contributed by atoms with Gasteiger partial charge >= 0.3 is 5.97 Å². The largest absolute Gasteiger partial charge is 0.481 e. The molecule has 1 saturated heterocycles. The second-order valence-electron chi connectivity index (χ2n) is 2.30. The predicted octanol–water partition coefficient (Wildman–Crippen LogP) is -0.225. The molecular weight excluding hydrogens is 146 g/mol. The van der Waals surface area contributed by atoms with Crippen molar-refractivity contribution in [3.63, 3.8) is 0 Å². The van der Waals surface area contributed by atoms with Crippen LogP contribution in [0.25, 0.3) is 0 Å². The van der Waals surface area contributed by atoms with Crippen LogP contribution in [-0.2, 0) is 4.79 Å². The quantitative estimate of drug-likeness (QED) is 0.561. The van der Waals surface area contributed by atoms with Crippen molar-refractivity contribution < 1.29 is 15.0 Å². The summed E-state index contributed by atoms with van der Waals surface area (Å²) in [7, 11) is 0. The van der Waals surface area contributed by atoms with Crippen molar-refractivity contribution >= 4 is 5.97 Å². The van der Waals surface area contributed by atoms with E-state index in [9.17, 15) is 4.79 Å². The van der Waals surface area contributed by atoms with Crippen molar-refractivity contribution in [2.75, 3.05) is 26.2 Å². The van der Waals surface area contributed by atoms with Crippen LogP contribution in [0.1, 0.15) is 13.3 Å². The molecule has 0 atom stereocenters. The van der Waals surface area contributed by atoms with E-state index in [1.54, 1.807) is 6.92 Å². The molecule has 1 rings (SSSR count). The summed E-state index contributed by atoms with van der Waals surface area (Å²) in [6.45, 7) is 4.84. The van der Waals surface area contributed by atoms with Crippen LogP contribution >= 0.6 is 0 Å². The summed E-state index contributed by atoms with van der Waals surface area (Å²) in [5.74, 6) is -0.697. The number of carboxylic acids is 1. The zero-order valence-electron chi connectivity index (χ0n) is 6.79. The first-order valence-corrected chi connectivity index (χ1v) is 3.75. The van der Waals surface area contributed by atoms with Gasteiger partial charge in [-0.3, -0.25) is 4.79 Å². The molecule has 0 unspecified atom stereocenters. The highest BCUT2D eigenvalue weighted by atomic mass is 16.4. The van der Waals surface area contributed by atoms with Gasteiger partial charge in [0.2, 0.25) is 0 Å². The molecular formula is C7H15NO3. The van der Waals surface area contributed by atoms with Gasteiger partial charge in [-0.05, 0) is 6.92 Å². The third-order valence-corrected chi connectivity index (χ3v) is 1.18. The normalized spacial score (nSPS) is 15.1. The minimum absolute atomic E-state index is 0.250. The van der Waals surface area contributed by atoms with E-state index in [1.807, 2.05) is 0 Å². The number of nitrogens with zero attached hydrogens (tertiary/aromatic N) is 1. The fraction of sp³-hybridized carbons (Fsp3) is 0.857. The van der Waals surface area contributed by atoms with E-state index in [-0.39, 0.29) is 6.61 Å². The molecule has 4 heteroatoms. The topological polar surface area (TPSA) is 60.5 Å².